The van der Waals surface area contributed by atoms with Crippen LogP contribution in [-0.4, -0.2) is 71.0 Å². The molecule has 1 unspecified atom stereocenters. The lowest BCUT2D eigenvalue weighted by atomic mass is 9.83. The minimum Gasteiger partial charge on any atom is -0.489 e. The smallest absolute Gasteiger partial charge is 0.172 e. The fraction of sp³-hybridized carbons (Fsp3) is 0.323. The Morgan fingerprint density at radius 3 is 2.93 bits per heavy atom. The number of fused-ring (bicyclic) bond motifs is 5. The highest BCUT2D eigenvalue weighted by Gasteiger charge is 2.37. The highest BCUT2D eigenvalue weighted by atomic mass is 19.1. The molecule has 0 saturated carbocycles. The minimum absolute atomic E-state index is 0.0723. The van der Waals surface area contributed by atoms with Crippen LogP contribution in [0.1, 0.15) is 12.0 Å². The van der Waals surface area contributed by atoms with Crippen LogP contribution in [0.15, 0.2) is 61.2 Å². The zero-order chi connectivity index (χ0) is 29.2. The number of piperidine rings is 1. The third kappa shape index (κ3) is 5.87. The van der Waals surface area contributed by atoms with Crippen LogP contribution in [-0.2, 0) is 4.79 Å². The van der Waals surface area contributed by atoms with Crippen molar-refractivity contribution in [1.82, 2.24) is 24.8 Å². The van der Waals surface area contributed by atoms with E-state index < -0.39 is 5.82 Å². The van der Waals surface area contributed by atoms with Crippen molar-refractivity contribution in [3.8, 4) is 17.2 Å². The maximum Gasteiger partial charge on any atom is 0.172 e. The molecule has 1 aromatic carbocycles. The Bertz CT molecular complexity index is 1660. The van der Waals surface area contributed by atoms with E-state index in [1.54, 1.807) is 12.1 Å². The van der Waals surface area contributed by atoms with Gasteiger partial charge in [-0.2, -0.15) is 0 Å². The Hall–Kier alpha value is -4.64. The first kappa shape index (κ1) is 27.5. The molecule has 11 heteroatoms. The topological polar surface area (TPSA) is 106 Å². The van der Waals surface area contributed by atoms with Crippen LogP contribution in [0.25, 0.3) is 11.0 Å². The molecule has 0 amide bonds. The highest BCUT2D eigenvalue weighted by Crippen LogP contribution is 2.39. The Labute approximate surface area is 243 Å². The summed E-state index contributed by atoms with van der Waals surface area (Å²) in [7, 11) is 3.96. The first-order chi connectivity index (χ1) is 20.3. The summed E-state index contributed by atoms with van der Waals surface area (Å²) in [6.45, 7) is 4.49. The van der Waals surface area contributed by atoms with Crippen molar-refractivity contribution >= 4 is 34.1 Å². The van der Waals surface area contributed by atoms with Gasteiger partial charge in [-0.15, -0.1) is 0 Å². The molecule has 5 heterocycles. The van der Waals surface area contributed by atoms with Crippen molar-refractivity contribution in [1.29, 1.82) is 0 Å². The largest absolute Gasteiger partial charge is 0.489 e. The van der Waals surface area contributed by atoms with Gasteiger partial charge in [-0.25, -0.2) is 19.3 Å². The van der Waals surface area contributed by atoms with Crippen molar-refractivity contribution in [2.75, 3.05) is 50.6 Å². The monoisotopic (exact) mass is 569 g/mol. The molecular formula is C31H32FN7O3. The molecule has 2 aliphatic rings. The first-order valence-electron chi connectivity index (χ1n) is 13.9. The molecule has 2 bridgehead atoms. The summed E-state index contributed by atoms with van der Waals surface area (Å²) in [6, 6.07) is 8.77. The second kappa shape index (κ2) is 11.7. The van der Waals surface area contributed by atoms with E-state index in [0.29, 0.717) is 53.8 Å². The van der Waals surface area contributed by atoms with E-state index in [2.05, 4.69) is 25.2 Å². The van der Waals surface area contributed by atoms with Crippen molar-refractivity contribution in [3.05, 3.63) is 72.6 Å². The van der Waals surface area contributed by atoms with Crippen LogP contribution in [0.3, 0.4) is 0 Å². The van der Waals surface area contributed by atoms with E-state index >= 15 is 0 Å². The van der Waals surface area contributed by atoms with Crippen LogP contribution in [0.2, 0.25) is 0 Å². The summed E-state index contributed by atoms with van der Waals surface area (Å²) >= 11 is 0. The van der Waals surface area contributed by atoms with E-state index in [-0.39, 0.29) is 17.6 Å². The third-order valence-corrected chi connectivity index (χ3v) is 7.51. The number of nitrogens with zero attached hydrogens (tertiary/aromatic N) is 6. The summed E-state index contributed by atoms with van der Waals surface area (Å²) in [5.74, 6) is 2.56. The van der Waals surface area contributed by atoms with Gasteiger partial charge in [-0.1, -0.05) is 6.08 Å². The van der Waals surface area contributed by atoms with Crippen LogP contribution < -0.4 is 19.7 Å². The van der Waals surface area contributed by atoms with Crippen LogP contribution in [0.5, 0.6) is 17.2 Å². The van der Waals surface area contributed by atoms with Gasteiger partial charge in [0.25, 0.3) is 0 Å². The van der Waals surface area contributed by atoms with Crippen molar-refractivity contribution < 1.29 is 18.7 Å². The molecule has 2 atom stereocenters. The molecule has 0 aliphatic carbocycles. The number of pyridine rings is 2. The fourth-order valence-corrected chi connectivity index (χ4v) is 5.40. The molecule has 2 aliphatic heterocycles. The van der Waals surface area contributed by atoms with Crippen LogP contribution in [0, 0.1) is 24.6 Å². The molecule has 3 aromatic heterocycles. The quantitative estimate of drug-likeness (QED) is 0.294. The number of aryl methyl sites for hydroxylation is 1. The van der Waals surface area contributed by atoms with Gasteiger partial charge in [0, 0.05) is 49.3 Å². The lowest BCUT2D eigenvalue weighted by molar-refractivity contribution is -0.120. The lowest BCUT2D eigenvalue weighted by Gasteiger charge is -2.35. The van der Waals surface area contributed by atoms with Crippen molar-refractivity contribution in [2.45, 2.75) is 13.3 Å². The van der Waals surface area contributed by atoms with E-state index in [1.165, 1.54) is 18.6 Å². The number of nitrogens with one attached hydrogen (secondary N) is 1. The number of hydrogen-bond donors (Lipinski definition) is 1. The number of carbonyl (C=O) groups is 1. The number of rotatable bonds is 8. The number of hydrogen-bond acceptors (Lipinski definition) is 10. The predicted molar refractivity (Wildman–Crippen MR) is 158 cm³/mol. The van der Waals surface area contributed by atoms with E-state index in [0.717, 1.165) is 36.2 Å². The standard InChI is InChI=1S/C31H32FN7O3/c1-19-11-22(6-7-27(19)42-23-12-21(32)14-33-15-23)36-30-29-25(34-18-35-30)13-28-31(37-29)39-10-8-24(20(16-39)17-41-28)26(40)5-4-9-38(2)3/h4-7,11-15,18,20,24H,8-10,16-17H2,1-3H3,(H,34,35,36)/b5-4+/t20-,24?/m0/s1. The van der Waals surface area contributed by atoms with Gasteiger partial charge in [0.05, 0.1) is 24.5 Å². The number of ketones is 1. The van der Waals surface area contributed by atoms with Crippen LogP contribution in [0.4, 0.5) is 21.7 Å². The van der Waals surface area contributed by atoms with Gasteiger partial charge in [-0.3, -0.25) is 9.78 Å². The summed E-state index contributed by atoms with van der Waals surface area (Å²) in [5.41, 5.74) is 2.90. The van der Waals surface area contributed by atoms with Gasteiger partial charge in [0.2, 0.25) is 0 Å². The molecule has 6 rings (SSSR count). The van der Waals surface area contributed by atoms with Gasteiger partial charge in [-0.05, 0) is 57.3 Å². The average molecular weight is 570 g/mol. The number of aromatic nitrogens is 4. The van der Waals surface area contributed by atoms with Crippen molar-refractivity contribution in [3.63, 3.8) is 0 Å². The average Bonchev–Trinajstić information content (AvgIpc) is 3.09. The molecule has 0 spiro atoms. The Morgan fingerprint density at radius 1 is 1.24 bits per heavy atom. The summed E-state index contributed by atoms with van der Waals surface area (Å²) in [4.78, 5) is 34.9. The second-order valence-electron chi connectivity index (χ2n) is 10.9. The maximum atomic E-state index is 13.5. The number of benzene rings is 1. The first-order valence-corrected chi connectivity index (χ1v) is 13.9. The van der Waals surface area contributed by atoms with Gasteiger partial charge < -0.3 is 24.6 Å². The molecule has 1 N–H and O–H groups in total. The summed E-state index contributed by atoms with van der Waals surface area (Å²) < 4.78 is 25.6. The highest BCUT2D eigenvalue weighted by molar-refractivity contribution is 5.93. The molecule has 4 aromatic rings. The third-order valence-electron chi connectivity index (χ3n) is 7.51. The molecular weight excluding hydrogens is 537 g/mol. The van der Waals surface area contributed by atoms with Crippen LogP contribution >= 0.6 is 0 Å². The normalized spacial score (nSPS) is 18.1. The minimum atomic E-state index is -0.462. The molecule has 0 radical (unpaired) electrons. The fourth-order valence-electron chi connectivity index (χ4n) is 5.40. The van der Waals surface area contributed by atoms with Crippen molar-refractivity contribution in [2.24, 2.45) is 11.8 Å². The Kier molecular flexibility index (Phi) is 7.66. The van der Waals surface area contributed by atoms with E-state index in [1.807, 2.05) is 50.2 Å². The molecule has 42 heavy (non-hydrogen) atoms. The zero-order valence-corrected chi connectivity index (χ0v) is 23.7. The van der Waals surface area contributed by atoms with Gasteiger partial charge >= 0.3 is 0 Å². The second-order valence-corrected chi connectivity index (χ2v) is 10.9. The number of likely N-dealkylation sites (N-methyl/N-ethyl adjacent to an activating group) is 1. The number of ether oxygens (including phenoxy) is 2. The molecule has 1 fully saturated rings. The Balaban J connectivity index is 1.22. The molecule has 216 valence electrons. The predicted octanol–water partition coefficient (Wildman–Crippen LogP) is 4.93. The number of allylic oxidation sites excluding steroid dienone is 1. The number of anilines is 3. The summed E-state index contributed by atoms with van der Waals surface area (Å²) in [6.07, 6.45) is 8.47. The summed E-state index contributed by atoms with van der Waals surface area (Å²) in [5, 5.41) is 3.36. The maximum absolute atomic E-state index is 13.5. The number of halogens is 1. The molecule has 10 nitrogen and oxygen atoms in total. The lowest BCUT2D eigenvalue weighted by Crippen LogP contribution is -2.44. The van der Waals surface area contributed by atoms with E-state index in [4.69, 9.17) is 14.5 Å². The SMILES string of the molecule is Cc1cc(Nc2ncnc3cc4c(nc23)N2CCC(C(=O)/C=C/CN(C)C)[C@H](CO4)C2)ccc1Oc1cncc(F)c1. The van der Waals surface area contributed by atoms with E-state index in [9.17, 15) is 9.18 Å². The number of carbonyl (C=O) groups excluding carboxylic acids is 1. The molecule has 1 saturated heterocycles. The Morgan fingerprint density at radius 2 is 2.12 bits per heavy atom. The van der Waals surface area contributed by atoms with Gasteiger partial charge in [0.1, 0.15) is 29.2 Å². The zero-order valence-electron chi connectivity index (χ0n) is 23.7. The van der Waals surface area contributed by atoms with Gasteiger partial charge in [0.15, 0.2) is 23.2 Å².